The van der Waals surface area contributed by atoms with E-state index in [9.17, 15) is 0 Å². The first-order valence-corrected chi connectivity index (χ1v) is 6.48. The third kappa shape index (κ3) is 4.23. The van der Waals surface area contributed by atoms with E-state index in [-0.39, 0.29) is 12.4 Å². The average molecular weight is 283 g/mol. The van der Waals surface area contributed by atoms with E-state index in [2.05, 4.69) is 30.0 Å². The summed E-state index contributed by atoms with van der Waals surface area (Å²) in [5, 5.41) is 0. The average Bonchev–Trinajstić information content (AvgIpc) is 2.69. The van der Waals surface area contributed by atoms with E-state index in [1.165, 1.54) is 0 Å². The zero-order valence-electron chi connectivity index (χ0n) is 11.6. The first-order chi connectivity index (χ1) is 8.70. The number of rotatable bonds is 4. The number of nitrogens with zero attached hydrogens (tertiary/aromatic N) is 1. The van der Waals surface area contributed by atoms with Crippen molar-refractivity contribution in [1.82, 2.24) is 4.90 Å². The quantitative estimate of drug-likeness (QED) is 0.922. The predicted molar refractivity (Wildman–Crippen MR) is 82.9 cm³/mol. The highest BCUT2D eigenvalue weighted by molar-refractivity contribution is 5.85. The van der Waals surface area contributed by atoms with Crippen LogP contribution in [0, 0.1) is 5.92 Å². The van der Waals surface area contributed by atoms with Crippen molar-refractivity contribution in [1.29, 1.82) is 0 Å². The lowest BCUT2D eigenvalue weighted by Gasteiger charge is -2.11. The highest BCUT2D eigenvalue weighted by atomic mass is 35.5. The number of hydrogen-bond acceptors (Lipinski definition) is 3. The Morgan fingerprint density at radius 3 is 2.74 bits per heavy atom. The Balaban J connectivity index is 0.00000180. The zero-order chi connectivity index (χ0) is 13.0. The number of ether oxygens (including phenoxy) is 1. The van der Waals surface area contributed by atoms with E-state index in [4.69, 9.17) is 10.5 Å². The molecule has 2 rings (SSSR count). The van der Waals surface area contributed by atoms with Gasteiger partial charge in [0.25, 0.3) is 0 Å². The van der Waals surface area contributed by atoms with Crippen LogP contribution >= 0.6 is 12.4 Å². The van der Waals surface area contributed by atoms with Gasteiger partial charge in [-0.05, 0) is 12.0 Å². The summed E-state index contributed by atoms with van der Waals surface area (Å²) in [6.45, 7) is 5.26. The Labute approximate surface area is 121 Å². The number of nitrogens with two attached hydrogens (primary N) is 1. The fraction of sp³-hybridized carbons (Fsp3) is 0.467. The van der Waals surface area contributed by atoms with Crippen molar-refractivity contribution in [2.45, 2.75) is 13.0 Å². The smallest absolute Gasteiger partial charge is 0.126 e. The summed E-state index contributed by atoms with van der Waals surface area (Å²) in [4.78, 5) is 2.39. The number of halogens is 1. The predicted octanol–water partition coefficient (Wildman–Crippen LogP) is 2.41. The number of methoxy groups -OCH3 is 1. The van der Waals surface area contributed by atoms with E-state index in [0.717, 1.165) is 30.9 Å². The van der Waals surface area contributed by atoms with Crippen molar-refractivity contribution in [3.63, 3.8) is 0 Å². The largest absolute Gasteiger partial charge is 0.496 e. The summed E-state index contributed by atoms with van der Waals surface area (Å²) in [7, 11) is 1.70. The van der Waals surface area contributed by atoms with Crippen LogP contribution in [-0.2, 0) is 0 Å². The molecular formula is C15H23ClN2O. The first kappa shape index (κ1) is 16.0. The second kappa shape index (κ2) is 7.53. The summed E-state index contributed by atoms with van der Waals surface area (Å²) < 4.78 is 5.32. The molecule has 0 spiro atoms. The van der Waals surface area contributed by atoms with Gasteiger partial charge in [0.15, 0.2) is 0 Å². The van der Waals surface area contributed by atoms with Gasteiger partial charge in [0.1, 0.15) is 5.75 Å². The molecule has 2 N–H and O–H groups in total. The van der Waals surface area contributed by atoms with Crippen molar-refractivity contribution < 1.29 is 4.74 Å². The third-order valence-corrected chi connectivity index (χ3v) is 3.55. The minimum absolute atomic E-state index is 0. The van der Waals surface area contributed by atoms with Crippen LogP contribution in [0.5, 0.6) is 5.75 Å². The van der Waals surface area contributed by atoms with Gasteiger partial charge < -0.3 is 10.5 Å². The minimum atomic E-state index is 0. The third-order valence-electron chi connectivity index (χ3n) is 3.55. The van der Waals surface area contributed by atoms with E-state index < -0.39 is 0 Å². The Bertz CT molecular complexity index is 412. The summed E-state index contributed by atoms with van der Waals surface area (Å²) in [6.07, 6.45) is 4.30. The molecule has 1 saturated heterocycles. The molecule has 2 unspecified atom stereocenters. The van der Waals surface area contributed by atoms with Crippen molar-refractivity contribution in [2.75, 3.05) is 26.7 Å². The van der Waals surface area contributed by atoms with Crippen molar-refractivity contribution in [2.24, 2.45) is 11.7 Å². The molecule has 0 aliphatic carbocycles. The van der Waals surface area contributed by atoms with Gasteiger partial charge in [-0.1, -0.05) is 37.3 Å². The van der Waals surface area contributed by atoms with Crippen LogP contribution in [0.1, 0.15) is 12.5 Å². The maximum Gasteiger partial charge on any atom is 0.126 e. The van der Waals surface area contributed by atoms with Gasteiger partial charge in [-0.25, -0.2) is 0 Å². The van der Waals surface area contributed by atoms with E-state index >= 15 is 0 Å². The molecule has 1 aromatic rings. The summed E-state index contributed by atoms with van der Waals surface area (Å²) in [5.41, 5.74) is 7.13. The highest BCUT2D eigenvalue weighted by Gasteiger charge is 2.25. The molecular weight excluding hydrogens is 260 g/mol. The standard InChI is InChI=1S/C15H22N2O.ClH/c1-12-10-17(11-14(12)16)9-5-7-13-6-3-4-8-15(13)18-2;/h3-8,12,14H,9-11,16H2,1-2H3;1H/b7-5+;. The van der Waals surface area contributed by atoms with Gasteiger partial charge in [-0.3, -0.25) is 4.90 Å². The van der Waals surface area contributed by atoms with E-state index in [0.29, 0.717) is 12.0 Å². The fourth-order valence-corrected chi connectivity index (χ4v) is 2.38. The molecule has 1 heterocycles. The molecule has 1 aliphatic heterocycles. The SMILES string of the molecule is COc1ccccc1/C=C/CN1CC(C)C(N)C1.Cl. The zero-order valence-corrected chi connectivity index (χ0v) is 12.4. The van der Waals surface area contributed by atoms with Gasteiger partial charge in [0.2, 0.25) is 0 Å². The Hall–Kier alpha value is -1.03. The number of hydrogen-bond donors (Lipinski definition) is 1. The maximum atomic E-state index is 6.01. The molecule has 0 saturated carbocycles. The molecule has 1 aliphatic rings. The molecule has 0 radical (unpaired) electrons. The molecule has 0 bridgehead atoms. The van der Waals surface area contributed by atoms with Crippen LogP contribution in [0.15, 0.2) is 30.3 Å². The lowest BCUT2D eigenvalue weighted by molar-refractivity contribution is 0.363. The Kier molecular flexibility index (Phi) is 6.35. The minimum Gasteiger partial charge on any atom is -0.496 e. The molecule has 106 valence electrons. The number of benzene rings is 1. The van der Waals surface area contributed by atoms with Crippen molar-refractivity contribution in [3.8, 4) is 5.75 Å². The van der Waals surface area contributed by atoms with Gasteiger partial charge in [0, 0.05) is 31.2 Å². The Morgan fingerprint density at radius 1 is 1.37 bits per heavy atom. The fourth-order valence-electron chi connectivity index (χ4n) is 2.38. The molecule has 4 heteroatoms. The lowest BCUT2D eigenvalue weighted by Crippen LogP contribution is -2.28. The van der Waals surface area contributed by atoms with Crippen LogP contribution in [0.3, 0.4) is 0 Å². The van der Waals surface area contributed by atoms with Crippen LogP contribution in [0.2, 0.25) is 0 Å². The van der Waals surface area contributed by atoms with Gasteiger partial charge in [-0.15, -0.1) is 12.4 Å². The van der Waals surface area contributed by atoms with Gasteiger partial charge >= 0.3 is 0 Å². The maximum absolute atomic E-state index is 6.01. The van der Waals surface area contributed by atoms with Crippen LogP contribution < -0.4 is 10.5 Å². The molecule has 2 atom stereocenters. The first-order valence-electron chi connectivity index (χ1n) is 6.48. The molecule has 1 fully saturated rings. The van der Waals surface area contributed by atoms with Gasteiger partial charge in [0.05, 0.1) is 7.11 Å². The summed E-state index contributed by atoms with van der Waals surface area (Å²) in [5.74, 6) is 1.52. The summed E-state index contributed by atoms with van der Waals surface area (Å²) in [6, 6.07) is 8.37. The second-order valence-corrected chi connectivity index (χ2v) is 5.00. The monoisotopic (exact) mass is 282 g/mol. The normalized spacial score (nSPS) is 23.5. The van der Waals surface area contributed by atoms with Crippen LogP contribution in [0.25, 0.3) is 6.08 Å². The topological polar surface area (TPSA) is 38.5 Å². The number of para-hydroxylation sites is 1. The van der Waals surface area contributed by atoms with Gasteiger partial charge in [-0.2, -0.15) is 0 Å². The molecule has 0 aromatic heterocycles. The highest BCUT2D eigenvalue weighted by Crippen LogP contribution is 2.19. The van der Waals surface area contributed by atoms with E-state index in [1.54, 1.807) is 7.11 Å². The lowest BCUT2D eigenvalue weighted by atomic mass is 10.1. The summed E-state index contributed by atoms with van der Waals surface area (Å²) >= 11 is 0. The van der Waals surface area contributed by atoms with Crippen LogP contribution in [0.4, 0.5) is 0 Å². The van der Waals surface area contributed by atoms with Crippen LogP contribution in [-0.4, -0.2) is 37.7 Å². The molecule has 19 heavy (non-hydrogen) atoms. The molecule has 3 nitrogen and oxygen atoms in total. The Morgan fingerprint density at radius 2 is 2.11 bits per heavy atom. The second-order valence-electron chi connectivity index (χ2n) is 5.00. The van der Waals surface area contributed by atoms with Crippen molar-refractivity contribution >= 4 is 18.5 Å². The number of likely N-dealkylation sites (tertiary alicyclic amines) is 1. The molecule has 0 amide bonds. The van der Waals surface area contributed by atoms with Crippen molar-refractivity contribution in [3.05, 3.63) is 35.9 Å². The molecule has 1 aromatic carbocycles. The van der Waals surface area contributed by atoms with E-state index in [1.807, 2.05) is 18.2 Å².